The van der Waals surface area contributed by atoms with E-state index < -0.39 is 0 Å². The lowest BCUT2D eigenvalue weighted by Crippen LogP contribution is -2.49. The summed E-state index contributed by atoms with van der Waals surface area (Å²) in [6, 6.07) is 8.55. The summed E-state index contributed by atoms with van der Waals surface area (Å²) < 4.78 is 5.51. The van der Waals surface area contributed by atoms with Crippen molar-refractivity contribution in [3.8, 4) is 5.75 Å². The topological polar surface area (TPSA) is 55.6 Å². The molecular weight excluding hydrogens is 348 g/mol. The molecule has 2 saturated carbocycles. The highest BCUT2D eigenvalue weighted by Crippen LogP contribution is 2.43. The van der Waals surface area contributed by atoms with E-state index in [1.807, 2.05) is 12.1 Å². The van der Waals surface area contributed by atoms with Crippen LogP contribution in [0.3, 0.4) is 0 Å². The first-order valence-corrected chi connectivity index (χ1v) is 9.84. The van der Waals surface area contributed by atoms with Crippen LogP contribution in [0.5, 0.6) is 5.75 Å². The minimum atomic E-state index is 0. The summed E-state index contributed by atoms with van der Waals surface area (Å²) in [7, 11) is 1.72. The smallest absolute Gasteiger partial charge is 0.225 e. The largest absolute Gasteiger partial charge is 0.496 e. The van der Waals surface area contributed by atoms with Crippen molar-refractivity contribution in [2.45, 2.75) is 50.5 Å². The number of fused-ring (bicyclic) bond motifs is 2. The van der Waals surface area contributed by atoms with Crippen molar-refractivity contribution in [2.24, 2.45) is 23.5 Å². The van der Waals surface area contributed by atoms with Crippen molar-refractivity contribution >= 4 is 18.3 Å². The number of nitrogens with zero attached hydrogens (tertiary/aromatic N) is 1. The molecule has 1 amide bonds. The first-order valence-electron chi connectivity index (χ1n) is 9.84. The molecule has 3 fully saturated rings. The first kappa shape index (κ1) is 19.5. The van der Waals surface area contributed by atoms with E-state index in [2.05, 4.69) is 17.0 Å². The Morgan fingerprint density at radius 3 is 2.54 bits per heavy atom. The first-order chi connectivity index (χ1) is 12.2. The molecule has 1 aliphatic heterocycles. The molecule has 5 heteroatoms. The molecule has 26 heavy (non-hydrogen) atoms. The summed E-state index contributed by atoms with van der Waals surface area (Å²) in [4.78, 5) is 15.2. The summed E-state index contributed by atoms with van der Waals surface area (Å²) in [6.45, 7) is 1.70. The number of nitrogens with two attached hydrogens (primary N) is 1. The number of methoxy groups -OCH3 is 1. The van der Waals surface area contributed by atoms with Crippen LogP contribution in [-0.4, -0.2) is 37.0 Å². The molecule has 3 atom stereocenters. The van der Waals surface area contributed by atoms with Gasteiger partial charge in [-0.05, 0) is 55.6 Å². The maximum atomic E-state index is 13.1. The van der Waals surface area contributed by atoms with E-state index in [0.29, 0.717) is 29.7 Å². The SMILES string of the molecule is COc1ccccc1C1CCN(C(=O)C2CC3CCCC(C2)C3N)C1.Cl. The minimum Gasteiger partial charge on any atom is -0.496 e. The highest BCUT2D eigenvalue weighted by Gasteiger charge is 2.42. The van der Waals surface area contributed by atoms with Crippen LogP contribution in [0, 0.1) is 17.8 Å². The summed E-state index contributed by atoms with van der Waals surface area (Å²) >= 11 is 0. The molecule has 2 N–H and O–H groups in total. The second-order valence-corrected chi connectivity index (χ2v) is 8.21. The second-order valence-electron chi connectivity index (χ2n) is 8.21. The third-order valence-electron chi connectivity index (χ3n) is 6.84. The van der Waals surface area contributed by atoms with Crippen LogP contribution < -0.4 is 10.5 Å². The standard InChI is InChI=1S/C21H30N2O2.ClH/c1-25-19-8-3-2-7-18(19)16-9-10-23(13-16)21(24)17-11-14-5-4-6-15(12-17)20(14)22;/h2-3,7-8,14-17,20H,4-6,9-13,22H2,1H3;1H. The zero-order valence-electron chi connectivity index (χ0n) is 15.6. The van der Waals surface area contributed by atoms with E-state index >= 15 is 0 Å². The Balaban J connectivity index is 0.00000196. The van der Waals surface area contributed by atoms with Crippen LogP contribution in [-0.2, 0) is 4.79 Å². The van der Waals surface area contributed by atoms with Gasteiger partial charge in [-0.15, -0.1) is 12.4 Å². The van der Waals surface area contributed by atoms with E-state index in [-0.39, 0.29) is 18.3 Å². The Labute approximate surface area is 162 Å². The fourth-order valence-electron chi connectivity index (χ4n) is 5.47. The highest BCUT2D eigenvalue weighted by molar-refractivity contribution is 5.85. The number of likely N-dealkylation sites (tertiary alicyclic amines) is 1. The molecule has 3 aliphatic rings. The van der Waals surface area contributed by atoms with E-state index in [4.69, 9.17) is 10.5 Å². The van der Waals surface area contributed by atoms with Crippen molar-refractivity contribution in [1.82, 2.24) is 4.90 Å². The van der Waals surface area contributed by atoms with Crippen molar-refractivity contribution < 1.29 is 9.53 Å². The minimum absolute atomic E-state index is 0. The van der Waals surface area contributed by atoms with Crippen LogP contribution in [0.4, 0.5) is 0 Å². The molecule has 0 aromatic heterocycles. The van der Waals surface area contributed by atoms with Gasteiger partial charge in [0.25, 0.3) is 0 Å². The van der Waals surface area contributed by atoms with Gasteiger partial charge in [0.1, 0.15) is 5.75 Å². The average Bonchev–Trinajstić information content (AvgIpc) is 3.10. The van der Waals surface area contributed by atoms with Gasteiger partial charge >= 0.3 is 0 Å². The molecule has 2 bridgehead atoms. The zero-order valence-corrected chi connectivity index (χ0v) is 16.4. The van der Waals surface area contributed by atoms with Crippen molar-refractivity contribution in [3.05, 3.63) is 29.8 Å². The molecule has 4 nitrogen and oxygen atoms in total. The van der Waals surface area contributed by atoms with Gasteiger partial charge in [0, 0.05) is 31.0 Å². The molecule has 144 valence electrons. The molecular formula is C21H31ClN2O2. The van der Waals surface area contributed by atoms with Crippen LogP contribution in [0.2, 0.25) is 0 Å². The fourth-order valence-corrected chi connectivity index (χ4v) is 5.47. The van der Waals surface area contributed by atoms with Gasteiger partial charge in [0.2, 0.25) is 5.91 Å². The van der Waals surface area contributed by atoms with Crippen LogP contribution in [0.25, 0.3) is 0 Å². The summed E-state index contributed by atoms with van der Waals surface area (Å²) in [5.41, 5.74) is 7.63. The van der Waals surface area contributed by atoms with Crippen LogP contribution in [0.15, 0.2) is 24.3 Å². The molecule has 0 radical (unpaired) electrons. The van der Waals surface area contributed by atoms with Gasteiger partial charge in [0.15, 0.2) is 0 Å². The van der Waals surface area contributed by atoms with Gasteiger partial charge in [-0.25, -0.2) is 0 Å². The van der Waals surface area contributed by atoms with E-state index in [0.717, 1.165) is 38.1 Å². The number of hydrogen-bond donors (Lipinski definition) is 1. The number of carbonyl (C=O) groups excluding carboxylic acids is 1. The number of amides is 1. The molecule has 0 spiro atoms. The molecule has 1 aromatic rings. The normalized spacial score (nSPS) is 33.5. The Bertz CT molecular complexity index is 624. The molecule has 4 rings (SSSR count). The number of benzene rings is 1. The number of ether oxygens (including phenoxy) is 1. The van der Waals surface area contributed by atoms with Gasteiger partial charge < -0.3 is 15.4 Å². The maximum absolute atomic E-state index is 13.1. The summed E-state index contributed by atoms with van der Waals surface area (Å²) in [5, 5.41) is 0. The monoisotopic (exact) mass is 378 g/mol. The zero-order chi connectivity index (χ0) is 17.4. The lowest BCUT2D eigenvalue weighted by atomic mass is 9.65. The Kier molecular flexibility index (Phi) is 6.13. The van der Waals surface area contributed by atoms with E-state index in [9.17, 15) is 4.79 Å². The number of para-hydroxylation sites is 1. The third kappa shape index (κ3) is 3.59. The fraction of sp³-hybridized carbons (Fsp3) is 0.667. The summed E-state index contributed by atoms with van der Waals surface area (Å²) in [6.07, 6.45) is 6.77. The molecule has 2 aliphatic carbocycles. The number of hydrogen-bond acceptors (Lipinski definition) is 3. The number of rotatable bonds is 3. The van der Waals surface area contributed by atoms with Gasteiger partial charge in [-0.1, -0.05) is 24.6 Å². The predicted molar refractivity (Wildman–Crippen MR) is 106 cm³/mol. The lowest BCUT2D eigenvalue weighted by Gasteiger charge is -2.44. The van der Waals surface area contributed by atoms with Gasteiger partial charge in [0.05, 0.1) is 7.11 Å². The van der Waals surface area contributed by atoms with E-state index in [1.54, 1.807) is 7.11 Å². The van der Waals surface area contributed by atoms with Crippen LogP contribution in [0.1, 0.15) is 50.0 Å². The molecule has 1 aromatic carbocycles. The predicted octanol–water partition coefficient (Wildman–Crippen LogP) is 3.59. The van der Waals surface area contributed by atoms with E-state index in [1.165, 1.54) is 24.8 Å². The lowest BCUT2D eigenvalue weighted by molar-refractivity contribution is -0.137. The highest BCUT2D eigenvalue weighted by atomic mass is 35.5. The third-order valence-corrected chi connectivity index (χ3v) is 6.84. The Morgan fingerprint density at radius 1 is 1.15 bits per heavy atom. The number of carbonyl (C=O) groups is 1. The molecule has 1 saturated heterocycles. The Hall–Kier alpha value is -1.26. The quantitative estimate of drug-likeness (QED) is 0.874. The maximum Gasteiger partial charge on any atom is 0.225 e. The van der Waals surface area contributed by atoms with Crippen molar-refractivity contribution in [1.29, 1.82) is 0 Å². The van der Waals surface area contributed by atoms with Crippen molar-refractivity contribution in [3.63, 3.8) is 0 Å². The Morgan fingerprint density at radius 2 is 1.85 bits per heavy atom. The van der Waals surface area contributed by atoms with Gasteiger partial charge in [-0.3, -0.25) is 4.79 Å². The van der Waals surface area contributed by atoms with Crippen molar-refractivity contribution in [2.75, 3.05) is 20.2 Å². The molecule has 1 heterocycles. The van der Waals surface area contributed by atoms with Gasteiger partial charge in [-0.2, -0.15) is 0 Å². The number of halogens is 1. The second kappa shape index (κ2) is 8.18. The van der Waals surface area contributed by atoms with Crippen LogP contribution >= 0.6 is 12.4 Å². The average molecular weight is 379 g/mol. The summed E-state index contributed by atoms with van der Waals surface area (Å²) in [5.74, 6) is 3.04. The molecule has 3 unspecified atom stereocenters.